The van der Waals surface area contributed by atoms with Crippen LogP contribution in [0.15, 0.2) is 83.1 Å². The zero-order valence-corrected chi connectivity index (χ0v) is 19.9. The van der Waals surface area contributed by atoms with Gasteiger partial charge in [-0.3, -0.25) is 9.36 Å². The van der Waals surface area contributed by atoms with Crippen molar-refractivity contribution in [2.45, 2.75) is 12.1 Å². The standard InChI is InChI=1S/C24H19Cl2N5OS/c1-16-10-12-17(13-11-16)23-29-30-24(31(23)19-7-3-2-4-8-19)33-15-21(32)28-27-14-18-6-5-9-20(25)22(18)26/h2-14H,15H2,1H3,(H,28,32). The van der Waals surface area contributed by atoms with Gasteiger partial charge in [-0.15, -0.1) is 10.2 Å². The molecule has 33 heavy (non-hydrogen) atoms. The quantitative estimate of drug-likeness (QED) is 0.200. The van der Waals surface area contributed by atoms with Crippen molar-refractivity contribution in [1.29, 1.82) is 0 Å². The van der Waals surface area contributed by atoms with E-state index >= 15 is 0 Å². The number of aromatic nitrogens is 3. The molecule has 9 heteroatoms. The normalized spacial score (nSPS) is 11.1. The van der Waals surface area contributed by atoms with Crippen molar-refractivity contribution < 1.29 is 4.79 Å². The molecule has 0 aliphatic carbocycles. The van der Waals surface area contributed by atoms with E-state index in [1.165, 1.54) is 18.0 Å². The lowest BCUT2D eigenvalue weighted by Crippen LogP contribution is -2.20. The Kier molecular flexibility index (Phi) is 7.44. The lowest BCUT2D eigenvalue weighted by Gasteiger charge is -2.10. The van der Waals surface area contributed by atoms with E-state index in [9.17, 15) is 4.79 Å². The van der Waals surface area contributed by atoms with Gasteiger partial charge >= 0.3 is 0 Å². The summed E-state index contributed by atoms with van der Waals surface area (Å²) < 4.78 is 1.94. The number of benzene rings is 3. The van der Waals surface area contributed by atoms with Crippen LogP contribution in [-0.4, -0.2) is 32.6 Å². The number of rotatable bonds is 7. The van der Waals surface area contributed by atoms with Gasteiger partial charge in [0.15, 0.2) is 11.0 Å². The number of carbonyl (C=O) groups excluding carboxylic acids is 1. The Labute approximate surface area is 205 Å². The van der Waals surface area contributed by atoms with Crippen LogP contribution in [0.5, 0.6) is 0 Å². The van der Waals surface area contributed by atoms with Gasteiger partial charge in [-0.2, -0.15) is 5.10 Å². The van der Waals surface area contributed by atoms with Crippen molar-refractivity contribution in [3.63, 3.8) is 0 Å². The number of amides is 1. The van der Waals surface area contributed by atoms with E-state index in [2.05, 4.69) is 20.7 Å². The second-order valence-corrected chi connectivity index (χ2v) is 8.80. The van der Waals surface area contributed by atoms with Gasteiger partial charge in [0.05, 0.1) is 22.0 Å². The van der Waals surface area contributed by atoms with Crippen molar-refractivity contribution in [2.75, 3.05) is 5.75 Å². The molecule has 0 radical (unpaired) electrons. The predicted molar refractivity (Wildman–Crippen MR) is 134 cm³/mol. The average molecular weight is 496 g/mol. The molecule has 1 heterocycles. The Morgan fingerprint density at radius 2 is 1.79 bits per heavy atom. The van der Waals surface area contributed by atoms with E-state index in [1.807, 2.05) is 66.1 Å². The first-order valence-electron chi connectivity index (χ1n) is 9.99. The number of aryl methyl sites for hydroxylation is 1. The number of thioether (sulfide) groups is 1. The maximum Gasteiger partial charge on any atom is 0.250 e. The molecule has 1 amide bonds. The molecule has 0 atom stereocenters. The van der Waals surface area contributed by atoms with E-state index in [1.54, 1.807) is 18.2 Å². The summed E-state index contributed by atoms with van der Waals surface area (Å²) in [5, 5.41) is 14.1. The molecule has 1 aromatic heterocycles. The van der Waals surface area contributed by atoms with Crippen LogP contribution in [0.3, 0.4) is 0 Å². The number of hydrazone groups is 1. The van der Waals surface area contributed by atoms with Crippen LogP contribution in [0.4, 0.5) is 0 Å². The highest BCUT2D eigenvalue weighted by atomic mass is 35.5. The third-order valence-corrected chi connectivity index (χ3v) is 6.43. The van der Waals surface area contributed by atoms with Gasteiger partial charge in [-0.05, 0) is 25.1 Å². The number of hydrogen-bond acceptors (Lipinski definition) is 5. The first kappa shape index (κ1) is 23.0. The topological polar surface area (TPSA) is 72.2 Å². The molecular weight excluding hydrogens is 477 g/mol. The van der Waals surface area contributed by atoms with Crippen LogP contribution in [0, 0.1) is 6.92 Å². The number of nitrogens with zero attached hydrogens (tertiary/aromatic N) is 4. The molecule has 0 fully saturated rings. The maximum absolute atomic E-state index is 12.4. The third-order valence-electron chi connectivity index (χ3n) is 4.66. The van der Waals surface area contributed by atoms with Gasteiger partial charge in [0.25, 0.3) is 5.91 Å². The first-order valence-corrected chi connectivity index (χ1v) is 11.7. The summed E-state index contributed by atoms with van der Waals surface area (Å²) >= 11 is 13.4. The van der Waals surface area contributed by atoms with Crippen molar-refractivity contribution in [3.05, 3.63) is 94.0 Å². The highest BCUT2D eigenvalue weighted by molar-refractivity contribution is 7.99. The summed E-state index contributed by atoms with van der Waals surface area (Å²) in [4.78, 5) is 12.4. The molecule has 0 spiro atoms. The summed E-state index contributed by atoms with van der Waals surface area (Å²) in [5.41, 5.74) is 6.13. The molecule has 0 bridgehead atoms. The molecule has 3 aromatic carbocycles. The van der Waals surface area contributed by atoms with Crippen molar-refractivity contribution in [3.8, 4) is 17.1 Å². The molecule has 0 aliphatic heterocycles. The summed E-state index contributed by atoms with van der Waals surface area (Å²) in [6, 6.07) is 23.1. The van der Waals surface area contributed by atoms with Crippen molar-refractivity contribution in [1.82, 2.24) is 20.2 Å². The Morgan fingerprint density at radius 3 is 2.55 bits per heavy atom. The number of para-hydroxylation sites is 1. The number of halogens is 2. The summed E-state index contributed by atoms with van der Waals surface area (Å²) in [6.07, 6.45) is 1.46. The number of carbonyl (C=O) groups is 1. The van der Waals surface area contributed by atoms with E-state index in [0.717, 1.165) is 16.8 Å². The highest BCUT2D eigenvalue weighted by Gasteiger charge is 2.17. The molecule has 0 saturated carbocycles. The van der Waals surface area contributed by atoms with Crippen LogP contribution in [-0.2, 0) is 4.79 Å². The van der Waals surface area contributed by atoms with Gasteiger partial charge in [0.1, 0.15) is 0 Å². The van der Waals surface area contributed by atoms with Crippen molar-refractivity contribution in [2.24, 2.45) is 5.10 Å². The molecular formula is C24H19Cl2N5OS. The Morgan fingerprint density at radius 1 is 1.03 bits per heavy atom. The molecule has 4 rings (SSSR count). The minimum atomic E-state index is -0.283. The minimum absolute atomic E-state index is 0.111. The van der Waals surface area contributed by atoms with Crippen LogP contribution in [0.2, 0.25) is 10.0 Å². The number of nitrogens with one attached hydrogen (secondary N) is 1. The van der Waals surface area contributed by atoms with Gasteiger partial charge in [0, 0.05) is 16.8 Å². The monoisotopic (exact) mass is 495 g/mol. The van der Waals surface area contributed by atoms with Gasteiger partial charge in [-0.25, -0.2) is 5.43 Å². The lowest BCUT2D eigenvalue weighted by atomic mass is 10.1. The van der Waals surface area contributed by atoms with Crippen molar-refractivity contribution >= 4 is 47.1 Å². The molecule has 6 nitrogen and oxygen atoms in total. The Balaban J connectivity index is 1.50. The zero-order chi connectivity index (χ0) is 23.2. The summed E-state index contributed by atoms with van der Waals surface area (Å²) in [6.45, 7) is 2.04. The third kappa shape index (κ3) is 5.63. The molecule has 1 N–H and O–H groups in total. The zero-order valence-electron chi connectivity index (χ0n) is 17.6. The van der Waals surface area contributed by atoms with E-state index in [-0.39, 0.29) is 11.7 Å². The SMILES string of the molecule is Cc1ccc(-c2nnc(SCC(=O)NN=Cc3cccc(Cl)c3Cl)n2-c2ccccc2)cc1. The molecule has 0 unspecified atom stereocenters. The largest absolute Gasteiger partial charge is 0.272 e. The minimum Gasteiger partial charge on any atom is -0.272 e. The Bertz CT molecular complexity index is 1290. The second-order valence-electron chi connectivity index (χ2n) is 7.07. The van der Waals surface area contributed by atoms with E-state index in [0.29, 0.717) is 26.6 Å². The summed E-state index contributed by atoms with van der Waals surface area (Å²) in [5.74, 6) is 0.533. The smallest absolute Gasteiger partial charge is 0.250 e. The van der Waals surface area contributed by atoms with Crippen LogP contribution >= 0.6 is 35.0 Å². The van der Waals surface area contributed by atoms with Gasteiger partial charge in [-0.1, -0.05) is 95.1 Å². The second kappa shape index (κ2) is 10.7. The fraction of sp³-hybridized carbons (Fsp3) is 0.0833. The molecule has 0 saturated heterocycles. The number of hydrogen-bond donors (Lipinski definition) is 1. The molecule has 4 aromatic rings. The van der Waals surface area contributed by atoms with Crippen LogP contribution in [0.1, 0.15) is 11.1 Å². The maximum atomic E-state index is 12.4. The summed E-state index contributed by atoms with van der Waals surface area (Å²) in [7, 11) is 0. The molecule has 0 aliphatic rings. The van der Waals surface area contributed by atoms with Gasteiger partial charge < -0.3 is 0 Å². The fourth-order valence-electron chi connectivity index (χ4n) is 3.02. The first-order chi connectivity index (χ1) is 16.0. The van der Waals surface area contributed by atoms with E-state index in [4.69, 9.17) is 23.2 Å². The van der Waals surface area contributed by atoms with Gasteiger partial charge in [0.2, 0.25) is 0 Å². The van der Waals surface area contributed by atoms with Crippen LogP contribution in [0.25, 0.3) is 17.1 Å². The fourth-order valence-corrected chi connectivity index (χ4v) is 4.12. The Hall–Kier alpha value is -3.13. The van der Waals surface area contributed by atoms with Crippen LogP contribution < -0.4 is 5.43 Å². The molecule has 166 valence electrons. The lowest BCUT2D eigenvalue weighted by molar-refractivity contribution is -0.118. The average Bonchev–Trinajstić information content (AvgIpc) is 3.25. The van der Waals surface area contributed by atoms with E-state index < -0.39 is 0 Å². The highest BCUT2D eigenvalue weighted by Crippen LogP contribution is 2.28. The predicted octanol–water partition coefficient (Wildman–Crippen LogP) is 5.79.